The molecule has 0 bridgehead atoms. The zero-order valence-corrected chi connectivity index (χ0v) is 21.7. The summed E-state index contributed by atoms with van der Waals surface area (Å²) in [5.41, 5.74) is 9.69. The number of aromatic nitrogens is 1. The van der Waals surface area contributed by atoms with Gasteiger partial charge >= 0.3 is 0 Å². The Morgan fingerprint density at radius 2 is 1.92 bits per heavy atom. The number of hydrogen-bond donors (Lipinski definition) is 3. The van der Waals surface area contributed by atoms with E-state index in [1.807, 2.05) is 13.8 Å². The lowest BCUT2D eigenvalue weighted by atomic mass is 10.0. The van der Waals surface area contributed by atoms with Gasteiger partial charge in [0.2, 0.25) is 0 Å². The average Bonchev–Trinajstić information content (AvgIpc) is 3.51. The summed E-state index contributed by atoms with van der Waals surface area (Å²) in [5.74, 6) is -2.30. The summed E-state index contributed by atoms with van der Waals surface area (Å²) in [7, 11) is -1.75. The first-order chi connectivity index (χ1) is 17.6. The van der Waals surface area contributed by atoms with E-state index in [4.69, 9.17) is 5.73 Å². The standard InChI is InChI=1S/C27H26F2N4O3S.H2O/c1-14-24(31-15(2)25(14)27(35)33-9-8-16(30)12-33)11-19-18-10-17(6-7-23(18)32-26(19)34)37(36)13-20-21(28)4-3-5-22(20)29;/h3-7,10-11,16,31H,8-9,12-13,30H2,1-2H3,(H,32,34);1H2/b19-11-;/t16-,37?;/m0./s1. The molecule has 0 spiro atoms. The number of carbonyl (C=O) groups excluding carboxylic acids is 2. The number of amides is 2. The van der Waals surface area contributed by atoms with Crippen LogP contribution in [0.4, 0.5) is 14.5 Å². The number of rotatable bonds is 5. The molecule has 38 heavy (non-hydrogen) atoms. The Morgan fingerprint density at radius 1 is 1.21 bits per heavy atom. The Morgan fingerprint density at radius 3 is 2.58 bits per heavy atom. The Kier molecular flexibility index (Phi) is 7.63. The number of benzene rings is 2. The van der Waals surface area contributed by atoms with Crippen molar-refractivity contribution in [2.24, 2.45) is 5.73 Å². The van der Waals surface area contributed by atoms with Crippen LogP contribution >= 0.6 is 0 Å². The lowest BCUT2D eigenvalue weighted by molar-refractivity contribution is -0.110. The molecule has 0 saturated carbocycles. The minimum absolute atomic E-state index is 0. The summed E-state index contributed by atoms with van der Waals surface area (Å²) in [4.78, 5) is 31.2. The number of nitrogens with one attached hydrogen (secondary N) is 2. The fraction of sp³-hybridized carbons (Fsp3) is 0.259. The van der Waals surface area contributed by atoms with Crippen molar-refractivity contribution in [2.45, 2.75) is 37.0 Å². The number of nitrogens with two attached hydrogens (primary N) is 1. The van der Waals surface area contributed by atoms with Gasteiger partial charge in [0.15, 0.2) is 0 Å². The van der Waals surface area contributed by atoms with Crippen molar-refractivity contribution in [2.75, 3.05) is 18.4 Å². The first-order valence-electron chi connectivity index (χ1n) is 11.9. The molecule has 0 radical (unpaired) electrons. The lowest BCUT2D eigenvalue weighted by Crippen LogP contribution is -2.32. The van der Waals surface area contributed by atoms with Gasteiger partial charge in [0.25, 0.3) is 11.8 Å². The molecule has 2 amide bonds. The van der Waals surface area contributed by atoms with Gasteiger partial charge in [-0.3, -0.25) is 13.8 Å². The van der Waals surface area contributed by atoms with E-state index in [9.17, 15) is 22.6 Å². The first-order valence-corrected chi connectivity index (χ1v) is 13.2. The van der Waals surface area contributed by atoms with Gasteiger partial charge in [-0.05, 0) is 62.2 Å². The van der Waals surface area contributed by atoms with E-state index in [-0.39, 0.29) is 34.6 Å². The van der Waals surface area contributed by atoms with Gasteiger partial charge in [0.1, 0.15) is 11.6 Å². The van der Waals surface area contributed by atoms with Crippen LogP contribution in [-0.4, -0.2) is 50.5 Å². The van der Waals surface area contributed by atoms with Crippen molar-refractivity contribution in [1.29, 1.82) is 0 Å². The number of anilines is 1. The third-order valence-electron chi connectivity index (χ3n) is 6.86. The maximum absolute atomic E-state index is 14.1. The summed E-state index contributed by atoms with van der Waals surface area (Å²) in [6.45, 7) is 4.74. The molecule has 2 aliphatic heterocycles. The lowest BCUT2D eigenvalue weighted by Gasteiger charge is -2.16. The van der Waals surface area contributed by atoms with E-state index in [1.165, 1.54) is 6.07 Å². The number of aromatic amines is 1. The highest BCUT2D eigenvalue weighted by molar-refractivity contribution is 7.84. The molecule has 6 N–H and O–H groups in total. The molecule has 8 nitrogen and oxygen atoms in total. The molecular weight excluding hydrogens is 514 g/mol. The SMILES string of the molecule is Cc1[nH]c(/C=C2\C(=O)Nc3ccc(S(=O)Cc4c(F)cccc4F)cc32)c(C)c1C(=O)N1CC[C@H](N)C1.O. The monoisotopic (exact) mass is 542 g/mol. The second-order valence-electron chi connectivity index (χ2n) is 9.37. The van der Waals surface area contributed by atoms with Crippen molar-refractivity contribution in [3.63, 3.8) is 0 Å². The predicted octanol–water partition coefficient (Wildman–Crippen LogP) is 3.06. The molecule has 2 atom stereocenters. The van der Waals surface area contributed by atoms with Crippen molar-refractivity contribution >= 4 is 40.0 Å². The second kappa shape index (κ2) is 10.6. The maximum atomic E-state index is 14.1. The van der Waals surface area contributed by atoms with Gasteiger partial charge in [-0.1, -0.05) is 6.07 Å². The molecule has 5 rings (SSSR count). The van der Waals surface area contributed by atoms with Gasteiger partial charge in [-0.2, -0.15) is 0 Å². The molecule has 1 aromatic heterocycles. The van der Waals surface area contributed by atoms with Gasteiger partial charge in [-0.25, -0.2) is 8.78 Å². The molecular formula is C27H28F2N4O4S. The van der Waals surface area contributed by atoms with Gasteiger partial charge in [0.05, 0.1) is 27.7 Å². The van der Waals surface area contributed by atoms with E-state index >= 15 is 0 Å². The van der Waals surface area contributed by atoms with E-state index in [0.29, 0.717) is 57.3 Å². The van der Waals surface area contributed by atoms with Crippen molar-refractivity contribution in [3.8, 4) is 0 Å². The molecule has 0 aliphatic carbocycles. The molecule has 3 heterocycles. The van der Waals surface area contributed by atoms with Crippen LogP contribution in [0.1, 0.15) is 44.9 Å². The predicted molar refractivity (Wildman–Crippen MR) is 142 cm³/mol. The summed E-state index contributed by atoms with van der Waals surface area (Å²) in [6.07, 6.45) is 2.43. The Balaban J connectivity index is 0.00000336. The third-order valence-corrected chi connectivity index (χ3v) is 8.20. The molecule has 2 aliphatic rings. The summed E-state index contributed by atoms with van der Waals surface area (Å²) in [5, 5.41) is 2.79. The normalized spacial score (nSPS) is 18.3. The van der Waals surface area contributed by atoms with Crippen LogP contribution < -0.4 is 11.1 Å². The number of H-pyrrole nitrogens is 1. The highest BCUT2D eigenvalue weighted by atomic mass is 32.2. The van der Waals surface area contributed by atoms with Gasteiger partial charge < -0.3 is 26.4 Å². The van der Waals surface area contributed by atoms with Crippen molar-refractivity contribution in [3.05, 3.63) is 81.7 Å². The molecule has 2 aromatic carbocycles. The molecule has 1 fully saturated rings. The van der Waals surface area contributed by atoms with Crippen LogP contribution in [0.5, 0.6) is 0 Å². The Labute approximate surface area is 220 Å². The highest BCUT2D eigenvalue weighted by Crippen LogP contribution is 2.36. The van der Waals surface area contributed by atoms with Gasteiger partial charge in [-0.15, -0.1) is 0 Å². The zero-order chi connectivity index (χ0) is 26.4. The van der Waals surface area contributed by atoms with E-state index in [2.05, 4.69) is 10.3 Å². The fourth-order valence-electron chi connectivity index (χ4n) is 4.85. The van der Waals surface area contributed by atoms with Crippen molar-refractivity contribution in [1.82, 2.24) is 9.88 Å². The van der Waals surface area contributed by atoms with E-state index in [1.54, 1.807) is 29.2 Å². The molecule has 200 valence electrons. The number of fused-ring (bicyclic) bond motifs is 1. The van der Waals surface area contributed by atoms with Crippen LogP contribution in [0.15, 0.2) is 41.3 Å². The number of hydrogen-bond acceptors (Lipinski definition) is 4. The molecule has 11 heteroatoms. The summed E-state index contributed by atoms with van der Waals surface area (Å²) in [6, 6.07) is 8.26. The number of halogens is 2. The number of nitrogens with zero attached hydrogens (tertiary/aromatic N) is 1. The molecule has 1 unspecified atom stereocenters. The Hall–Kier alpha value is -3.67. The van der Waals surface area contributed by atoms with Crippen LogP contribution in [-0.2, 0) is 21.3 Å². The largest absolute Gasteiger partial charge is 0.412 e. The van der Waals surface area contributed by atoms with Crippen molar-refractivity contribution < 1.29 is 28.1 Å². The maximum Gasteiger partial charge on any atom is 0.256 e. The van der Waals surface area contributed by atoms with Crippen LogP contribution in [0.25, 0.3) is 11.6 Å². The van der Waals surface area contributed by atoms with Crippen LogP contribution in [0.3, 0.4) is 0 Å². The smallest absolute Gasteiger partial charge is 0.256 e. The zero-order valence-electron chi connectivity index (χ0n) is 20.9. The second-order valence-corrected chi connectivity index (χ2v) is 10.8. The Bertz CT molecular complexity index is 1480. The molecule has 1 saturated heterocycles. The number of aryl methyl sites for hydroxylation is 1. The van der Waals surface area contributed by atoms with Crippen LogP contribution in [0.2, 0.25) is 0 Å². The summed E-state index contributed by atoms with van der Waals surface area (Å²) < 4.78 is 41.1. The minimum Gasteiger partial charge on any atom is -0.412 e. The number of likely N-dealkylation sites (tertiary alicyclic amines) is 1. The third kappa shape index (κ3) is 4.92. The molecule has 3 aromatic rings. The van der Waals surface area contributed by atoms with E-state index in [0.717, 1.165) is 18.6 Å². The summed E-state index contributed by atoms with van der Waals surface area (Å²) >= 11 is 0. The van der Waals surface area contributed by atoms with Gasteiger partial charge in [0, 0.05) is 52.2 Å². The number of carbonyl (C=O) groups is 2. The topological polar surface area (TPSA) is 140 Å². The quantitative estimate of drug-likeness (QED) is 0.426. The first kappa shape index (κ1) is 27.4. The minimum atomic E-state index is -1.75. The highest BCUT2D eigenvalue weighted by Gasteiger charge is 2.30. The average molecular weight is 543 g/mol. The fourth-order valence-corrected chi connectivity index (χ4v) is 6.02. The van der Waals surface area contributed by atoms with Crippen LogP contribution in [0, 0.1) is 25.5 Å². The van der Waals surface area contributed by atoms with E-state index < -0.39 is 22.4 Å².